The third kappa shape index (κ3) is 6.65. The number of ether oxygens (including phenoxy) is 3. The van der Waals surface area contributed by atoms with Crippen LogP contribution in [0.4, 0.5) is 0 Å². The minimum Gasteiger partial charge on any atom is -0.497 e. The van der Waals surface area contributed by atoms with Gasteiger partial charge in [-0.1, -0.05) is 12.1 Å². The van der Waals surface area contributed by atoms with Crippen molar-refractivity contribution in [3.8, 4) is 11.5 Å². The fourth-order valence-electron chi connectivity index (χ4n) is 4.77. The molecule has 2 aromatic rings. The monoisotopic (exact) mass is 569 g/mol. The summed E-state index contributed by atoms with van der Waals surface area (Å²) in [4.78, 5) is 0.298. The summed E-state index contributed by atoms with van der Waals surface area (Å²) in [6.07, 6.45) is 1.08. The zero-order chi connectivity index (χ0) is 27.4. The van der Waals surface area contributed by atoms with Gasteiger partial charge in [0.2, 0.25) is 20.0 Å². The minimum absolute atomic E-state index is 0.00807. The number of methoxy groups -OCH3 is 1. The van der Waals surface area contributed by atoms with E-state index in [1.807, 2.05) is 0 Å². The molecule has 2 aliphatic rings. The van der Waals surface area contributed by atoms with Gasteiger partial charge in [0, 0.05) is 37.8 Å². The predicted octanol–water partition coefficient (Wildman–Crippen LogP) is 0.945. The second-order valence-electron chi connectivity index (χ2n) is 9.53. The number of aliphatic hydroxyl groups is 1. The number of nitrogens with zero attached hydrogens (tertiary/aromatic N) is 1. The maximum absolute atomic E-state index is 13.1. The van der Waals surface area contributed by atoms with Crippen molar-refractivity contribution in [2.24, 2.45) is 0 Å². The predicted molar refractivity (Wildman–Crippen MR) is 140 cm³/mol. The van der Waals surface area contributed by atoms with Crippen LogP contribution in [-0.2, 0) is 24.8 Å². The highest BCUT2D eigenvalue weighted by atomic mass is 32.2. The number of sulfonamides is 2. The number of hydrogen-bond acceptors (Lipinski definition) is 9. The summed E-state index contributed by atoms with van der Waals surface area (Å²) in [5, 5.41) is 13.7. The Labute approximate surface area is 224 Å². The van der Waals surface area contributed by atoms with Crippen LogP contribution >= 0.6 is 0 Å². The number of aliphatic hydroxyl groups excluding tert-OH is 1. The Bertz CT molecular complexity index is 1310. The van der Waals surface area contributed by atoms with Crippen LogP contribution in [0.25, 0.3) is 0 Å². The molecule has 2 fully saturated rings. The molecule has 0 bridgehead atoms. The zero-order valence-corrected chi connectivity index (χ0v) is 23.1. The van der Waals surface area contributed by atoms with Gasteiger partial charge in [-0.15, -0.1) is 0 Å². The van der Waals surface area contributed by atoms with Gasteiger partial charge >= 0.3 is 0 Å². The van der Waals surface area contributed by atoms with Crippen LogP contribution in [0.1, 0.15) is 19.3 Å². The van der Waals surface area contributed by atoms with Crippen LogP contribution in [0.15, 0.2) is 58.3 Å². The van der Waals surface area contributed by atoms with Gasteiger partial charge in [0.1, 0.15) is 24.2 Å². The topological polar surface area (TPSA) is 144 Å². The second-order valence-corrected chi connectivity index (χ2v) is 13.4. The summed E-state index contributed by atoms with van der Waals surface area (Å²) in [5.41, 5.74) is -0.390. The maximum Gasteiger partial charge on any atom is 0.243 e. The molecule has 4 rings (SSSR count). The Morgan fingerprint density at radius 3 is 2.42 bits per heavy atom. The molecule has 2 aromatic carbocycles. The van der Waals surface area contributed by atoms with Gasteiger partial charge in [0.05, 0.1) is 29.1 Å². The molecule has 2 saturated heterocycles. The summed E-state index contributed by atoms with van der Waals surface area (Å²) in [6, 6.07) is 12.6. The number of piperidine rings is 1. The van der Waals surface area contributed by atoms with E-state index in [2.05, 4.69) is 10.0 Å². The van der Waals surface area contributed by atoms with Crippen molar-refractivity contribution >= 4 is 20.0 Å². The number of rotatable bonds is 11. The van der Waals surface area contributed by atoms with E-state index in [0.717, 1.165) is 6.42 Å². The van der Waals surface area contributed by atoms with Crippen LogP contribution in [0.5, 0.6) is 11.5 Å². The third-order valence-electron chi connectivity index (χ3n) is 6.99. The molecule has 38 heavy (non-hydrogen) atoms. The van der Waals surface area contributed by atoms with Gasteiger partial charge < -0.3 is 24.6 Å². The molecule has 2 aliphatic heterocycles. The van der Waals surface area contributed by atoms with Crippen LogP contribution < -0.4 is 19.5 Å². The lowest BCUT2D eigenvalue weighted by atomic mass is 9.88. The highest BCUT2D eigenvalue weighted by molar-refractivity contribution is 7.89. The molecular formula is C25H35N3O8S2. The summed E-state index contributed by atoms with van der Waals surface area (Å²) in [6.45, 7) is 1.47. The van der Waals surface area contributed by atoms with Crippen molar-refractivity contribution in [2.45, 2.75) is 46.8 Å². The number of nitrogens with one attached hydrogen (secondary N) is 2. The van der Waals surface area contributed by atoms with Crippen molar-refractivity contribution in [2.75, 3.05) is 47.0 Å². The van der Waals surface area contributed by atoms with Gasteiger partial charge in [-0.3, -0.25) is 0 Å². The van der Waals surface area contributed by atoms with E-state index in [1.165, 1.54) is 36.7 Å². The molecule has 2 heterocycles. The van der Waals surface area contributed by atoms with E-state index < -0.39 is 31.8 Å². The van der Waals surface area contributed by atoms with Crippen molar-refractivity contribution in [1.82, 2.24) is 14.3 Å². The lowest BCUT2D eigenvalue weighted by Gasteiger charge is -2.38. The van der Waals surface area contributed by atoms with E-state index in [4.69, 9.17) is 14.2 Å². The standard InChI is InChI=1S/C25H35N3O8S2/c1-26-37(30,31)23-7-4-6-22(14-23)35-18-20(29)16-27-19-15-25(36-17-19)9-11-28(12-10-25)38(32,33)24-8-3-5-21(13-24)34-2/h3-8,13-14,19-20,26-27,29H,9-12,15-18H2,1-2H3/t19?,20-/m0/s1. The third-order valence-corrected chi connectivity index (χ3v) is 10.3. The van der Waals surface area contributed by atoms with Crippen molar-refractivity contribution in [3.05, 3.63) is 48.5 Å². The van der Waals surface area contributed by atoms with E-state index in [0.29, 0.717) is 44.0 Å². The molecule has 1 unspecified atom stereocenters. The summed E-state index contributed by atoms with van der Waals surface area (Å²) < 4.78 is 70.7. The lowest BCUT2D eigenvalue weighted by Crippen LogP contribution is -2.47. The first-order valence-electron chi connectivity index (χ1n) is 12.4. The van der Waals surface area contributed by atoms with E-state index >= 15 is 0 Å². The molecule has 210 valence electrons. The molecule has 1 spiro atoms. The molecule has 0 saturated carbocycles. The first kappa shape index (κ1) is 28.7. The number of benzene rings is 2. The molecule has 11 nitrogen and oxygen atoms in total. The Morgan fingerprint density at radius 1 is 1.08 bits per heavy atom. The Kier molecular flexibility index (Phi) is 8.97. The molecule has 2 atom stereocenters. The van der Waals surface area contributed by atoms with E-state index in [-0.39, 0.29) is 29.0 Å². The molecule has 0 aliphatic carbocycles. The summed E-state index contributed by atoms with van der Waals surface area (Å²) in [7, 11) is -4.36. The average molecular weight is 570 g/mol. The SMILES string of the molecule is CNS(=O)(=O)c1cccc(OC[C@@H](O)CNC2COC3(CCN(S(=O)(=O)c4cccc(OC)c4)CC3)C2)c1. The van der Waals surface area contributed by atoms with E-state index in [9.17, 15) is 21.9 Å². The highest BCUT2D eigenvalue weighted by Crippen LogP contribution is 2.37. The maximum atomic E-state index is 13.1. The van der Waals surface area contributed by atoms with Crippen LogP contribution in [-0.4, -0.2) is 91.0 Å². The summed E-state index contributed by atoms with van der Waals surface area (Å²) >= 11 is 0. The quantitative estimate of drug-likeness (QED) is 0.360. The first-order valence-corrected chi connectivity index (χ1v) is 15.4. The fourth-order valence-corrected chi connectivity index (χ4v) is 7.01. The van der Waals surface area contributed by atoms with Crippen molar-refractivity contribution in [3.63, 3.8) is 0 Å². The average Bonchev–Trinajstić information content (AvgIpc) is 3.33. The minimum atomic E-state index is -3.62. The molecule has 13 heteroatoms. The summed E-state index contributed by atoms with van der Waals surface area (Å²) in [5.74, 6) is 0.842. The Hall–Kier alpha value is -2.26. The normalized spacial score (nSPS) is 20.9. The molecular weight excluding hydrogens is 534 g/mol. The van der Waals surface area contributed by atoms with E-state index in [1.54, 1.807) is 30.3 Å². The first-order chi connectivity index (χ1) is 18.1. The lowest BCUT2D eigenvalue weighted by molar-refractivity contribution is -0.0312. The van der Waals surface area contributed by atoms with Gasteiger partial charge in [-0.25, -0.2) is 21.6 Å². The second kappa shape index (κ2) is 11.9. The smallest absolute Gasteiger partial charge is 0.243 e. The van der Waals surface area contributed by atoms with Crippen molar-refractivity contribution < 1.29 is 36.2 Å². The van der Waals surface area contributed by atoms with Crippen LogP contribution in [0.2, 0.25) is 0 Å². The molecule has 0 radical (unpaired) electrons. The van der Waals surface area contributed by atoms with Gasteiger partial charge in [-0.2, -0.15) is 4.31 Å². The zero-order valence-electron chi connectivity index (χ0n) is 21.5. The van der Waals surface area contributed by atoms with Crippen LogP contribution in [0, 0.1) is 0 Å². The number of hydrogen-bond donors (Lipinski definition) is 3. The van der Waals surface area contributed by atoms with Crippen molar-refractivity contribution in [1.29, 1.82) is 0 Å². The Balaban J connectivity index is 1.23. The van der Waals surface area contributed by atoms with Gasteiger partial charge in [0.25, 0.3) is 0 Å². The highest BCUT2D eigenvalue weighted by Gasteiger charge is 2.44. The fraction of sp³-hybridized carbons (Fsp3) is 0.520. The van der Waals surface area contributed by atoms with Gasteiger partial charge in [-0.05, 0) is 50.6 Å². The molecule has 0 aromatic heterocycles. The largest absolute Gasteiger partial charge is 0.497 e. The molecule has 3 N–H and O–H groups in total. The van der Waals surface area contributed by atoms with Gasteiger partial charge in [0.15, 0.2) is 0 Å². The Morgan fingerprint density at radius 2 is 1.74 bits per heavy atom. The molecule has 0 amide bonds. The van der Waals surface area contributed by atoms with Crippen LogP contribution in [0.3, 0.4) is 0 Å².